The number of carbonyl (C=O) groups excluding carboxylic acids is 1. The number of hydrogen-bond donors (Lipinski definition) is 1. The van der Waals surface area contributed by atoms with Crippen molar-refractivity contribution in [3.05, 3.63) is 59.9 Å². The molecule has 0 aliphatic carbocycles. The highest BCUT2D eigenvalue weighted by Gasteiger charge is 2.25. The van der Waals surface area contributed by atoms with Crippen LogP contribution in [0.4, 0.5) is 10.1 Å². The summed E-state index contributed by atoms with van der Waals surface area (Å²) in [6.07, 6.45) is 1.68. The highest BCUT2D eigenvalue weighted by molar-refractivity contribution is 5.79. The van der Waals surface area contributed by atoms with Gasteiger partial charge < -0.3 is 15.0 Å². The molecule has 1 fully saturated rings. The summed E-state index contributed by atoms with van der Waals surface area (Å²) in [6, 6.07) is 14.6. The van der Waals surface area contributed by atoms with Gasteiger partial charge in [0, 0.05) is 38.4 Å². The molecular formula is C23H28FN3O2. The fourth-order valence-corrected chi connectivity index (χ4v) is 4.04. The van der Waals surface area contributed by atoms with Crippen molar-refractivity contribution in [1.82, 2.24) is 10.2 Å². The standard InChI is InChI=1S/C23H28FN3O2/c24-20-6-8-21(9-7-20)27-14-12-26(13-15-27)11-3-10-25-23(28)19-16-18-4-1-2-5-22(18)29-17-19/h1-2,4-9,19H,3,10-17H2,(H,25,28). The van der Waals surface area contributed by atoms with Gasteiger partial charge in [-0.1, -0.05) is 18.2 Å². The Labute approximate surface area is 171 Å². The van der Waals surface area contributed by atoms with Crippen molar-refractivity contribution in [2.24, 2.45) is 5.92 Å². The Balaban J connectivity index is 1.14. The van der Waals surface area contributed by atoms with Crippen molar-refractivity contribution < 1.29 is 13.9 Å². The van der Waals surface area contributed by atoms with E-state index in [1.165, 1.54) is 12.1 Å². The maximum atomic E-state index is 13.1. The highest BCUT2D eigenvalue weighted by atomic mass is 19.1. The van der Waals surface area contributed by atoms with E-state index in [1.54, 1.807) is 0 Å². The lowest BCUT2D eigenvalue weighted by molar-refractivity contribution is -0.126. The molecule has 154 valence electrons. The van der Waals surface area contributed by atoms with Gasteiger partial charge in [-0.2, -0.15) is 0 Å². The van der Waals surface area contributed by atoms with E-state index in [9.17, 15) is 9.18 Å². The predicted molar refractivity (Wildman–Crippen MR) is 112 cm³/mol. The van der Waals surface area contributed by atoms with Crippen molar-refractivity contribution >= 4 is 11.6 Å². The molecule has 2 aliphatic heterocycles. The molecule has 4 rings (SSSR count). The van der Waals surface area contributed by atoms with Gasteiger partial charge in [0.2, 0.25) is 5.91 Å². The zero-order valence-corrected chi connectivity index (χ0v) is 16.6. The molecule has 1 unspecified atom stereocenters. The number of hydrogen-bond acceptors (Lipinski definition) is 4. The Hall–Kier alpha value is -2.60. The Kier molecular flexibility index (Phi) is 6.30. The Morgan fingerprint density at radius 2 is 1.83 bits per heavy atom. The van der Waals surface area contributed by atoms with Crippen molar-refractivity contribution in [3.63, 3.8) is 0 Å². The quantitative estimate of drug-likeness (QED) is 0.762. The molecule has 29 heavy (non-hydrogen) atoms. The monoisotopic (exact) mass is 397 g/mol. The average molecular weight is 397 g/mol. The molecule has 0 bridgehead atoms. The molecule has 0 saturated carbocycles. The van der Waals surface area contributed by atoms with Gasteiger partial charge in [0.25, 0.3) is 0 Å². The molecule has 1 N–H and O–H groups in total. The first-order valence-electron chi connectivity index (χ1n) is 10.4. The number of rotatable bonds is 6. The average Bonchev–Trinajstić information content (AvgIpc) is 2.77. The van der Waals surface area contributed by atoms with Gasteiger partial charge >= 0.3 is 0 Å². The van der Waals surface area contributed by atoms with E-state index in [1.807, 2.05) is 36.4 Å². The third-order valence-electron chi connectivity index (χ3n) is 5.76. The largest absolute Gasteiger partial charge is 0.492 e. The zero-order valence-electron chi connectivity index (χ0n) is 16.6. The molecule has 0 aromatic heterocycles. The number of ether oxygens (including phenoxy) is 1. The first kappa shape index (κ1) is 19.7. The summed E-state index contributed by atoms with van der Waals surface area (Å²) in [7, 11) is 0. The lowest BCUT2D eigenvalue weighted by Gasteiger charge is -2.36. The maximum Gasteiger partial charge on any atom is 0.226 e. The topological polar surface area (TPSA) is 44.8 Å². The Morgan fingerprint density at radius 1 is 1.07 bits per heavy atom. The smallest absolute Gasteiger partial charge is 0.226 e. The van der Waals surface area contributed by atoms with E-state index >= 15 is 0 Å². The van der Waals surface area contributed by atoms with Crippen LogP contribution >= 0.6 is 0 Å². The second-order valence-electron chi connectivity index (χ2n) is 7.77. The molecule has 1 amide bonds. The second-order valence-corrected chi connectivity index (χ2v) is 7.77. The van der Waals surface area contributed by atoms with Gasteiger partial charge in [-0.3, -0.25) is 9.69 Å². The van der Waals surface area contributed by atoms with Crippen LogP contribution in [0.5, 0.6) is 5.75 Å². The van der Waals surface area contributed by atoms with Gasteiger partial charge in [0.15, 0.2) is 0 Å². The molecule has 2 aromatic rings. The first-order valence-corrected chi connectivity index (χ1v) is 10.4. The van der Waals surface area contributed by atoms with Crippen molar-refractivity contribution in [2.75, 3.05) is 50.8 Å². The predicted octanol–water partition coefficient (Wildman–Crippen LogP) is 2.71. The number of amides is 1. The van der Waals surface area contributed by atoms with Crippen molar-refractivity contribution in [1.29, 1.82) is 0 Å². The van der Waals surface area contributed by atoms with Gasteiger partial charge in [0.1, 0.15) is 18.2 Å². The van der Waals surface area contributed by atoms with Crippen LogP contribution in [0.3, 0.4) is 0 Å². The third-order valence-corrected chi connectivity index (χ3v) is 5.76. The first-order chi connectivity index (χ1) is 14.2. The van der Waals surface area contributed by atoms with Crippen LogP contribution < -0.4 is 15.0 Å². The molecule has 5 nitrogen and oxygen atoms in total. The van der Waals surface area contributed by atoms with Crippen LogP contribution in [0.1, 0.15) is 12.0 Å². The van der Waals surface area contributed by atoms with Crippen molar-refractivity contribution in [3.8, 4) is 5.75 Å². The minimum Gasteiger partial charge on any atom is -0.492 e. The van der Waals surface area contributed by atoms with Crippen LogP contribution in [0.2, 0.25) is 0 Å². The van der Waals surface area contributed by atoms with Gasteiger partial charge in [-0.05, 0) is 55.3 Å². The number of para-hydroxylation sites is 1. The maximum absolute atomic E-state index is 13.1. The molecule has 0 spiro atoms. The minimum absolute atomic E-state index is 0.0839. The van der Waals surface area contributed by atoms with E-state index in [-0.39, 0.29) is 17.6 Å². The lowest BCUT2D eigenvalue weighted by atomic mass is 9.96. The third kappa shape index (κ3) is 5.07. The summed E-state index contributed by atoms with van der Waals surface area (Å²) in [6.45, 7) is 5.97. The molecule has 6 heteroatoms. The minimum atomic E-state index is -0.196. The number of halogens is 1. The molecular weight excluding hydrogens is 369 g/mol. The Bertz CT molecular complexity index is 819. The van der Waals surface area contributed by atoms with E-state index in [4.69, 9.17) is 4.74 Å². The number of benzene rings is 2. The number of carbonyl (C=O) groups is 1. The van der Waals surface area contributed by atoms with E-state index in [0.717, 1.165) is 62.6 Å². The normalized spacial score (nSPS) is 19.3. The number of fused-ring (bicyclic) bond motifs is 1. The summed E-state index contributed by atoms with van der Waals surface area (Å²) in [5.74, 6) is 0.680. The Morgan fingerprint density at radius 3 is 2.62 bits per heavy atom. The molecule has 0 radical (unpaired) electrons. The number of nitrogens with zero attached hydrogens (tertiary/aromatic N) is 2. The van der Waals surface area contributed by atoms with Gasteiger partial charge in [-0.25, -0.2) is 4.39 Å². The van der Waals surface area contributed by atoms with E-state index in [0.29, 0.717) is 13.2 Å². The van der Waals surface area contributed by atoms with Crippen LogP contribution in [-0.2, 0) is 11.2 Å². The summed E-state index contributed by atoms with van der Waals surface area (Å²) >= 11 is 0. The van der Waals surface area contributed by atoms with Crippen LogP contribution in [0.15, 0.2) is 48.5 Å². The fraction of sp³-hybridized carbons (Fsp3) is 0.435. The zero-order chi connectivity index (χ0) is 20.1. The number of anilines is 1. The summed E-state index contributed by atoms with van der Waals surface area (Å²) in [4.78, 5) is 17.2. The second kappa shape index (κ2) is 9.27. The van der Waals surface area contributed by atoms with Crippen LogP contribution in [0.25, 0.3) is 0 Å². The van der Waals surface area contributed by atoms with E-state index < -0.39 is 0 Å². The van der Waals surface area contributed by atoms with Gasteiger partial charge in [-0.15, -0.1) is 0 Å². The molecule has 2 aromatic carbocycles. The van der Waals surface area contributed by atoms with Crippen LogP contribution in [0, 0.1) is 11.7 Å². The fourth-order valence-electron chi connectivity index (χ4n) is 4.04. The summed E-state index contributed by atoms with van der Waals surface area (Å²) in [5, 5.41) is 3.07. The SMILES string of the molecule is O=C(NCCCN1CCN(c2ccc(F)cc2)CC1)C1COc2ccccc2C1. The highest BCUT2D eigenvalue weighted by Crippen LogP contribution is 2.26. The molecule has 1 saturated heterocycles. The van der Waals surface area contributed by atoms with E-state index in [2.05, 4.69) is 15.1 Å². The molecule has 2 aliphatic rings. The number of piperazine rings is 1. The number of nitrogens with one attached hydrogen (secondary N) is 1. The lowest BCUT2D eigenvalue weighted by Crippen LogP contribution is -2.47. The van der Waals surface area contributed by atoms with Gasteiger partial charge in [0.05, 0.1) is 5.92 Å². The van der Waals surface area contributed by atoms with Crippen molar-refractivity contribution in [2.45, 2.75) is 12.8 Å². The summed E-state index contributed by atoms with van der Waals surface area (Å²) < 4.78 is 18.8. The van der Waals surface area contributed by atoms with Crippen LogP contribution in [-0.4, -0.2) is 56.7 Å². The summed E-state index contributed by atoms with van der Waals surface area (Å²) in [5.41, 5.74) is 2.19. The molecule has 1 atom stereocenters. The molecule has 2 heterocycles.